The average Bonchev–Trinajstić information content (AvgIpc) is 0.918. The van der Waals surface area contributed by atoms with Crippen LogP contribution in [-0.2, 0) is 4.79 Å². The van der Waals surface area contributed by atoms with Gasteiger partial charge in [-0.3, -0.25) is 4.79 Å². The summed E-state index contributed by atoms with van der Waals surface area (Å²) >= 11 is 0. The van der Waals surface area contributed by atoms with Crippen molar-refractivity contribution >= 4 is 75.4 Å². The first-order valence-corrected chi connectivity index (χ1v) is 0.494. The molecule has 0 atom stereocenters. The van der Waals surface area contributed by atoms with Crippen molar-refractivity contribution < 1.29 is 9.90 Å². The fourth-order valence-corrected chi connectivity index (χ4v) is 0. The molecule has 0 aliphatic carbocycles. The van der Waals surface area contributed by atoms with Gasteiger partial charge >= 0.3 is 0 Å². The predicted octanol–water partition coefficient (Wildman–Crippen LogP) is -0.680. The van der Waals surface area contributed by atoms with E-state index in [9.17, 15) is 0 Å². The standard InChI is InChI=1S/CH2O2.Cs/c2-1-3;/h1H,(H,2,3);. The molecule has 0 saturated carbocycles. The number of hydrogen-bond acceptors (Lipinski definition) is 1. The number of rotatable bonds is 0. The Morgan fingerprint density at radius 1 is 1.75 bits per heavy atom. The Balaban J connectivity index is 0. The van der Waals surface area contributed by atoms with Crippen LogP contribution >= 0.6 is 0 Å². The molecule has 0 saturated heterocycles. The molecule has 0 heterocycles. The van der Waals surface area contributed by atoms with E-state index in [1.807, 2.05) is 0 Å². The van der Waals surface area contributed by atoms with Gasteiger partial charge in [-0.2, -0.15) is 0 Å². The second-order valence-electron chi connectivity index (χ2n) is 0.105. The predicted molar refractivity (Wildman–Crippen MR) is 14.4 cm³/mol. The van der Waals surface area contributed by atoms with Gasteiger partial charge < -0.3 is 5.11 Å². The maximum atomic E-state index is 8.36. The fraction of sp³-hybridized carbons (Fsp3) is 0. The van der Waals surface area contributed by atoms with E-state index >= 15 is 0 Å². The molecule has 0 aromatic rings. The van der Waals surface area contributed by atoms with E-state index in [0.717, 1.165) is 0 Å². The van der Waals surface area contributed by atoms with E-state index in [-0.39, 0.29) is 75.4 Å². The Morgan fingerprint density at radius 2 is 1.75 bits per heavy atom. The minimum absolute atomic E-state index is 0. The van der Waals surface area contributed by atoms with E-state index < -0.39 is 0 Å². The van der Waals surface area contributed by atoms with Gasteiger partial charge in [0.05, 0.1) is 0 Å². The van der Waals surface area contributed by atoms with Crippen molar-refractivity contribution in [2.75, 3.05) is 0 Å². The average molecular weight is 179 g/mol. The minimum atomic E-state index is -0.250. The molecular formula is CH2CsO2. The fourth-order valence-electron chi connectivity index (χ4n) is 0. The van der Waals surface area contributed by atoms with Gasteiger partial charge in [0.1, 0.15) is 0 Å². The van der Waals surface area contributed by atoms with Crippen LogP contribution in [0.25, 0.3) is 0 Å². The Bertz CT molecular complexity index is 13.5. The topological polar surface area (TPSA) is 37.3 Å². The van der Waals surface area contributed by atoms with E-state index in [2.05, 4.69) is 0 Å². The molecule has 4 heavy (non-hydrogen) atoms. The van der Waals surface area contributed by atoms with Gasteiger partial charge in [-0.1, -0.05) is 0 Å². The van der Waals surface area contributed by atoms with Gasteiger partial charge in [0, 0.05) is 68.9 Å². The van der Waals surface area contributed by atoms with Crippen molar-refractivity contribution in [3.05, 3.63) is 0 Å². The van der Waals surface area contributed by atoms with Crippen LogP contribution < -0.4 is 0 Å². The SMILES string of the molecule is O=CO.[Cs]. The molecule has 0 aliphatic rings. The van der Waals surface area contributed by atoms with Crippen LogP contribution in [-0.4, -0.2) is 80.5 Å². The minimum Gasteiger partial charge on any atom is -0.483 e. The number of hydrogen-bond donors (Lipinski definition) is 1. The Hall–Kier alpha value is 1.52. The first-order chi connectivity index (χ1) is 1.41. The molecular weight excluding hydrogens is 177 g/mol. The maximum Gasteiger partial charge on any atom is 0.290 e. The zero-order valence-corrected chi connectivity index (χ0v) is 8.71. The summed E-state index contributed by atoms with van der Waals surface area (Å²) in [7, 11) is 0. The van der Waals surface area contributed by atoms with Gasteiger partial charge in [0.25, 0.3) is 6.47 Å². The molecule has 1 radical (unpaired) electrons. The van der Waals surface area contributed by atoms with Crippen molar-refractivity contribution in [1.82, 2.24) is 0 Å². The summed E-state index contributed by atoms with van der Waals surface area (Å²) in [6, 6.07) is 0. The van der Waals surface area contributed by atoms with Gasteiger partial charge in [-0.15, -0.1) is 0 Å². The summed E-state index contributed by atoms with van der Waals surface area (Å²) in [6.45, 7) is -0.250. The van der Waals surface area contributed by atoms with Crippen molar-refractivity contribution in [3.8, 4) is 0 Å². The number of carboxylic acid groups (broad SMARTS) is 1. The molecule has 1 N–H and O–H groups in total. The van der Waals surface area contributed by atoms with Crippen LogP contribution in [0.15, 0.2) is 0 Å². The molecule has 0 aromatic carbocycles. The Kier molecular flexibility index (Phi) is 20.1. The third kappa shape index (κ3) is 9.67. The molecule has 19 valence electrons. The van der Waals surface area contributed by atoms with Crippen molar-refractivity contribution in [2.45, 2.75) is 0 Å². The first kappa shape index (κ1) is 9.10. The van der Waals surface area contributed by atoms with Crippen molar-refractivity contribution in [1.29, 1.82) is 0 Å². The first-order valence-electron chi connectivity index (χ1n) is 0.494. The van der Waals surface area contributed by atoms with Crippen molar-refractivity contribution in [3.63, 3.8) is 0 Å². The summed E-state index contributed by atoms with van der Waals surface area (Å²) in [4.78, 5) is 8.36. The monoisotopic (exact) mass is 179 g/mol. The van der Waals surface area contributed by atoms with Crippen LogP contribution in [0, 0.1) is 0 Å². The molecule has 0 rings (SSSR count). The normalized spacial score (nSPS) is 3.00. The van der Waals surface area contributed by atoms with E-state index in [4.69, 9.17) is 9.90 Å². The second-order valence-corrected chi connectivity index (χ2v) is 0.105. The molecule has 3 heteroatoms. The molecule has 2 nitrogen and oxygen atoms in total. The van der Waals surface area contributed by atoms with Gasteiger partial charge in [0.15, 0.2) is 0 Å². The molecule has 0 amide bonds. The molecule has 0 unspecified atom stereocenters. The van der Waals surface area contributed by atoms with Crippen LogP contribution in [0.1, 0.15) is 0 Å². The van der Waals surface area contributed by atoms with Gasteiger partial charge in [-0.25, -0.2) is 0 Å². The molecule has 0 bridgehead atoms. The molecule has 0 fully saturated rings. The number of carbonyl (C=O) groups is 1. The van der Waals surface area contributed by atoms with Crippen LogP contribution in [0.4, 0.5) is 0 Å². The maximum absolute atomic E-state index is 8.36. The van der Waals surface area contributed by atoms with Crippen LogP contribution in [0.2, 0.25) is 0 Å². The zero-order valence-electron chi connectivity index (χ0n) is 2.43. The molecule has 0 aromatic heterocycles. The summed E-state index contributed by atoms with van der Waals surface area (Å²) in [5.41, 5.74) is 0. The Labute approximate surface area is 83.0 Å². The van der Waals surface area contributed by atoms with E-state index in [0.29, 0.717) is 0 Å². The third-order valence-corrected chi connectivity index (χ3v) is 0. The smallest absolute Gasteiger partial charge is 0.290 e. The van der Waals surface area contributed by atoms with Gasteiger partial charge in [0.2, 0.25) is 0 Å². The zero-order chi connectivity index (χ0) is 2.71. The third-order valence-electron chi connectivity index (χ3n) is 0. The van der Waals surface area contributed by atoms with Crippen molar-refractivity contribution in [2.24, 2.45) is 0 Å². The van der Waals surface area contributed by atoms with Gasteiger partial charge in [-0.05, 0) is 0 Å². The second kappa shape index (κ2) is 8.82. The molecule has 0 spiro atoms. The van der Waals surface area contributed by atoms with E-state index in [1.165, 1.54) is 0 Å². The summed E-state index contributed by atoms with van der Waals surface area (Å²) in [6.07, 6.45) is 0. The summed E-state index contributed by atoms with van der Waals surface area (Å²) in [5.74, 6) is 0. The van der Waals surface area contributed by atoms with Crippen LogP contribution in [0.5, 0.6) is 0 Å². The largest absolute Gasteiger partial charge is 0.483 e. The van der Waals surface area contributed by atoms with E-state index in [1.54, 1.807) is 0 Å². The summed E-state index contributed by atoms with van der Waals surface area (Å²) < 4.78 is 0. The summed E-state index contributed by atoms with van der Waals surface area (Å²) in [5, 5.41) is 6.89. The Morgan fingerprint density at radius 3 is 1.75 bits per heavy atom. The van der Waals surface area contributed by atoms with Crippen LogP contribution in [0.3, 0.4) is 0 Å². The molecule has 0 aliphatic heterocycles. The quantitative estimate of drug-likeness (QED) is 0.500.